The van der Waals surface area contributed by atoms with Crippen molar-refractivity contribution in [2.24, 2.45) is 5.41 Å². The van der Waals surface area contributed by atoms with Crippen LogP contribution in [0.4, 0.5) is 0 Å². The second-order valence-electron chi connectivity index (χ2n) is 4.85. The van der Waals surface area contributed by atoms with Crippen molar-refractivity contribution in [2.75, 3.05) is 0 Å². The lowest BCUT2D eigenvalue weighted by Gasteiger charge is -2.05. The molecule has 1 nitrogen and oxygen atoms in total. The molecule has 0 bridgehead atoms. The molecule has 14 heavy (non-hydrogen) atoms. The Hall–Kier alpha value is -1.24. The zero-order valence-corrected chi connectivity index (χ0v) is 8.51. The molecule has 1 heteroatoms. The largest absolute Gasteiger partial charge is 0.361 e. The van der Waals surface area contributed by atoms with E-state index in [4.69, 9.17) is 0 Å². The van der Waals surface area contributed by atoms with Gasteiger partial charge in [0, 0.05) is 17.1 Å². The molecular weight excluding hydrogens is 170 g/mol. The van der Waals surface area contributed by atoms with E-state index in [0.717, 1.165) is 0 Å². The Balaban J connectivity index is 2.04. The maximum atomic E-state index is 3.34. The first-order valence-electron chi connectivity index (χ1n) is 5.32. The van der Waals surface area contributed by atoms with E-state index in [-0.39, 0.29) is 0 Å². The van der Waals surface area contributed by atoms with Gasteiger partial charge in [-0.3, -0.25) is 0 Å². The molecule has 0 saturated heterocycles. The third-order valence-corrected chi connectivity index (χ3v) is 3.40. The van der Waals surface area contributed by atoms with Gasteiger partial charge in [-0.25, -0.2) is 0 Å². The fourth-order valence-corrected chi connectivity index (χ4v) is 2.13. The van der Waals surface area contributed by atoms with Gasteiger partial charge in [-0.1, -0.05) is 25.1 Å². The molecule has 72 valence electrons. The van der Waals surface area contributed by atoms with Gasteiger partial charge < -0.3 is 4.98 Å². The number of hydrogen-bond acceptors (Lipinski definition) is 0. The minimum Gasteiger partial charge on any atom is -0.361 e. The molecule has 1 aromatic heterocycles. The molecule has 1 aromatic carbocycles. The Morgan fingerprint density at radius 1 is 1.29 bits per heavy atom. The minimum atomic E-state index is 0.602. The van der Waals surface area contributed by atoms with Gasteiger partial charge in [0.1, 0.15) is 0 Å². The van der Waals surface area contributed by atoms with Crippen LogP contribution in [-0.2, 0) is 6.42 Å². The van der Waals surface area contributed by atoms with Crippen molar-refractivity contribution in [2.45, 2.75) is 26.2 Å². The molecule has 0 unspecified atom stereocenters. The van der Waals surface area contributed by atoms with Crippen LogP contribution in [0.15, 0.2) is 30.5 Å². The predicted molar refractivity (Wildman–Crippen MR) is 59.3 cm³/mol. The normalized spacial score (nSPS) is 18.6. The summed E-state index contributed by atoms with van der Waals surface area (Å²) in [5.41, 5.74) is 3.36. The van der Waals surface area contributed by atoms with Gasteiger partial charge in [-0.2, -0.15) is 0 Å². The zero-order valence-electron chi connectivity index (χ0n) is 8.51. The van der Waals surface area contributed by atoms with Gasteiger partial charge in [-0.05, 0) is 36.3 Å². The van der Waals surface area contributed by atoms with Crippen LogP contribution in [0.2, 0.25) is 0 Å². The Bertz CT molecular complexity index is 463. The third-order valence-electron chi connectivity index (χ3n) is 3.40. The maximum absolute atomic E-state index is 3.34. The number of fused-ring (bicyclic) bond motifs is 1. The van der Waals surface area contributed by atoms with Crippen LogP contribution in [-0.4, -0.2) is 4.98 Å². The number of nitrogens with one attached hydrogen (secondary N) is 1. The Kier molecular flexibility index (Phi) is 1.52. The van der Waals surface area contributed by atoms with Gasteiger partial charge in [0.2, 0.25) is 0 Å². The van der Waals surface area contributed by atoms with Gasteiger partial charge in [0.15, 0.2) is 0 Å². The first kappa shape index (κ1) is 8.10. The van der Waals surface area contributed by atoms with Crippen molar-refractivity contribution < 1.29 is 0 Å². The monoisotopic (exact) mass is 185 g/mol. The molecule has 1 saturated carbocycles. The average molecular weight is 185 g/mol. The van der Waals surface area contributed by atoms with Crippen molar-refractivity contribution in [3.63, 3.8) is 0 Å². The second kappa shape index (κ2) is 2.63. The fraction of sp³-hybridized carbons (Fsp3) is 0.385. The lowest BCUT2D eigenvalue weighted by Crippen LogP contribution is -1.97. The van der Waals surface area contributed by atoms with E-state index in [2.05, 4.69) is 42.4 Å². The summed E-state index contributed by atoms with van der Waals surface area (Å²) >= 11 is 0. The number of aromatic amines is 1. The molecule has 0 aliphatic heterocycles. The number of aromatic nitrogens is 1. The molecule has 0 radical (unpaired) electrons. The van der Waals surface area contributed by atoms with Crippen LogP contribution >= 0.6 is 0 Å². The third kappa shape index (κ3) is 1.24. The number of hydrogen-bond donors (Lipinski definition) is 1. The van der Waals surface area contributed by atoms with Crippen molar-refractivity contribution >= 4 is 10.9 Å². The summed E-state index contributed by atoms with van der Waals surface area (Å²) < 4.78 is 0. The predicted octanol–water partition coefficient (Wildman–Crippen LogP) is 3.51. The van der Waals surface area contributed by atoms with Crippen LogP contribution in [0.1, 0.15) is 25.3 Å². The zero-order chi connectivity index (χ0) is 9.60. The van der Waals surface area contributed by atoms with Crippen LogP contribution in [0.25, 0.3) is 10.9 Å². The van der Waals surface area contributed by atoms with E-state index in [1.807, 2.05) is 0 Å². The summed E-state index contributed by atoms with van der Waals surface area (Å²) in [6.07, 6.45) is 6.20. The quantitative estimate of drug-likeness (QED) is 0.737. The molecule has 1 N–H and O–H groups in total. The van der Waals surface area contributed by atoms with E-state index < -0.39 is 0 Å². The molecule has 0 amide bonds. The molecule has 1 aliphatic rings. The van der Waals surface area contributed by atoms with E-state index in [0.29, 0.717) is 5.41 Å². The van der Waals surface area contributed by atoms with Crippen LogP contribution in [0.5, 0.6) is 0 Å². The standard InChI is InChI=1S/C13H15N/c1-13(6-7-13)8-10-9-14-12-5-3-2-4-11(10)12/h2-5,9,14H,6-8H2,1H3. The lowest BCUT2D eigenvalue weighted by molar-refractivity contribution is 0.573. The smallest absolute Gasteiger partial charge is 0.0456 e. The molecule has 3 rings (SSSR count). The second-order valence-corrected chi connectivity index (χ2v) is 4.85. The highest BCUT2D eigenvalue weighted by atomic mass is 14.7. The maximum Gasteiger partial charge on any atom is 0.0456 e. The summed E-state index contributed by atoms with van der Waals surface area (Å²) in [4.78, 5) is 3.34. The van der Waals surface area contributed by atoms with Crippen LogP contribution in [0, 0.1) is 5.41 Å². The lowest BCUT2D eigenvalue weighted by atomic mass is 9.98. The van der Waals surface area contributed by atoms with Crippen molar-refractivity contribution in [3.8, 4) is 0 Å². The number of para-hydroxylation sites is 1. The van der Waals surface area contributed by atoms with Crippen molar-refractivity contribution in [1.29, 1.82) is 0 Å². The molecule has 0 atom stereocenters. The van der Waals surface area contributed by atoms with Gasteiger partial charge >= 0.3 is 0 Å². The first-order chi connectivity index (χ1) is 6.77. The average Bonchev–Trinajstić information content (AvgIpc) is 2.77. The summed E-state index contributed by atoms with van der Waals surface area (Å²) in [7, 11) is 0. The number of rotatable bonds is 2. The van der Waals surface area contributed by atoms with Crippen molar-refractivity contribution in [1.82, 2.24) is 4.98 Å². The SMILES string of the molecule is CC1(Cc2c[nH]c3ccccc23)CC1. The summed E-state index contributed by atoms with van der Waals surface area (Å²) in [5, 5.41) is 1.40. The highest BCUT2D eigenvalue weighted by molar-refractivity contribution is 5.83. The molecule has 1 aliphatic carbocycles. The van der Waals surface area contributed by atoms with Gasteiger partial charge in [0.05, 0.1) is 0 Å². The first-order valence-corrected chi connectivity index (χ1v) is 5.32. The van der Waals surface area contributed by atoms with E-state index in [1.54, 1.807) is 0 Å². The van der Waals surface area contributed by atoms with Crippen LogP contribution in [0.3, 0.4) is 0 Å². The van der Waals surface area contributed by atoms with Crippen LogP contribution < -0.4 is 0 Å². The molecule has 1 fully saturated rings. The molecule has 0 spiro atoms. The Morgan fingerprint density at radius 3 is 2.86 bits per heavy atom. The highest BCUT2D eigenvalue weighted by Crippen LogP contribution is 2.48. The van der Waals surface area contributed by atoms with Gasteiger partial charge in [-0.15, -0.1) is 0 Å². The highest BCUT2D eigenvalue weighted by Gasteiger charge is 2.37. The number of H-pyrrole nitrogens is 1. The van der Waals surface area contributed by atoms with E-state index in [1.165, 1.54) is 35.7 Å². The molecular formula is C13H15N. The number of benzene rings is 1. The molecule has 2 aromatic rings. The summed E-state index contributed by atoms with van der Waals surface area (Å²) in [6, 6.07) is 8.57. The van der Waals surface area contributed by atoms with E-state index in [9.17, 15) is 0 Å². The summed E-state index contributed by atoms with van der Waals surface area (Å²) in [5.74, 6) is 0. The topological polar surface area (TPSA) is 15.8 Å². The Morgan fingerprint density at radius 2 is 2.07 bits per heavy atom. The summed E-state index contributed by atoms with van der Waals surface area (Å²) in [6.45, 7) is 2.38. The van der Waals surface area contributed by atoms with E-state index >= 15 is 0 Å². The van der Waals surface area contributed by atoms with Gasteiger partial charge in [0.25, 0.3) is 0 Å². The molecule has 1 heterocycles. The minimum absolute atomic E-state index is 0.602. The Labute approximate surface area is 84.1 Å². The fourth-order valence-electron chi connectivity index (χ4n) is 2.13. The van der Waals surface area contributed by atoms with Crippen molar-refractivity contribution in [3.05, 3.63) is 36.0 Å².